The Hall–Kier alpha value is -3.44. The van der Waals surface area contributed by atoms with Gasteiger partial charge in [-0.05, 0) is 35.9 Å². The number of aromatic nitrogens is 3. The van der Waals surface area contributed by atoms with Crippen LogP contribution in [0.4, 0.5) is 0 Å². The summed E-state index contributed by atoms with van der Waals surface area (Å²) in [5, 5.41) is 8.23. The van der Waals surface area contributed by atoms with Gasteiger partial charge in [-0.25, -0.2) is 4.68 Å². The summed E-state index contributed by atoms with van der Waals surface area (Å²) >= 11 is 6.01. The van der Waals surface area contributed by atoms with E-state index in [0.717, 1.165) is 16.8 Å². The number of hydrogen-bond acceptors (Lipinski definition) is 3. The predicted molar refractivity (Wildman–Crippen MR) is 109 cm³/mol. The van der Waals surface area contributed by atoms with Crippen LogP contribution in [-0.2, 0) is 6.54 Å². The maximum absolute atomic E-state index is 12.9. The molecule has 0 saturated carbocycles. The Morgan fingerprint density at radius 1 is 1.00 bits per heavy atom. The lowest BCUT2D eigenvalue weighted by molar-refractivity contribution is 0.0951. The molecule has 5 nitrogen and oxygen atoms in total. The van der Waals surface area contributed by atoms with Crippen molar-refractivity contribution >= 4 is 17.5 Å². The molecule has 0 aliphatic heterocycles. The summed E-state index contributed by atoms with van der Waals surface area (Å²) in [6.45, 7) is 0.392. The Morgan fingerprint density at radius 3 is 2.50 bits per heavy atom. The van der Waals surface area contributed by atoms with Crippen LogP contribution < -0.4 is 5.32 Å². The number of nitrogens with zero attached hydrogens (tertiary/aromatic N) is 3. The molecule has 28 heavy (non-hydrogen) atoms. The van der Waals surface area contributed by atoms with Gasteiger partial charge in [0.05, 0.1) is 11.3 Å². The largest absolute Gasteiger partial charge is 0.348 e. The minimum Gasteiger partial charge on any atom is -0.348 e. The lowest BCUT2D eigenvalue weighted by Gasteiger charge is -2.05. The molecule has 0 atom stereocenters. The molecule has 1 amide bonds. The molecule has 0 fully saturated rings. The van der Waals surface area contributed by atoms with Crippen LogP contribution in [0.5, 0.6) is 0 Å². The maximum Gasteiger partial charge on any atom is 0.255 e. The number of rotatable bonds is 5. The fourth-order valence-electron chi connectivity index (χ4n) is 2.85. The zero-order valence-corrected chi connectivity index (χ0v) is 15.7. The van der Waals surface area contributed by atoms with E-state index in [1.54, 1.807) is 35.4 Å². The van der Waals surface area contributed by atoms with Gasteiger partial charge in [0.25, 0.3) is 5.91 Å². The van der Waals surface area contributed by atoms with Crippen molar-refractivity contribution < 1.29 is 4.79 Å². The van der Waals surface area contributed by atoms with Gasteiger partial charge in [0.1, 0.15) is 5.69 Å². The van der Waals surface area contributed by atoms with E-state index in [9.17, 15) is 4.79 Å². The van der Waals surface area contributed by atoms with Crippen LogP contribution in [0.15, 0.2) is 85.3 Å². The van der Waals surface area contributed by atoms with Crippen LogP contribution in [0.1, 0.15) is 15.9 Å². The average molecular weight is 389 g/mol. The van der Waals surface area contributed by atoms with Crippen LogP contribution in [-0.4, -0.2) is 20.7 Å². The van der Waals surface area contributed by atoms with Gasteiger partial charge < -0.3 is 5.32 Å². The first kappa shape index (κ1) is 17.9. The smallest absolute Gasteiger partial charge is 0.255 e. The standard InChI is InChI=1S/C22H17ClN4O/c23-18-10-8-17(9-11-18)21-20(15-27(26-21)19-6-2-1-3-7-19)22(28)25-14-16-5-4-12-24-13-16/h1-13,15H,14H2,(H,25,28). The zero-order valence-electron chi connectivity index (χ0n) is 14.9. The molecule has 6 heteroatoms. The van der Waals surface area contributed by atoms with Crippen molar-refractivity contribution in [3.8, 4) is 16.9 Å². The van der Waals surface area contributed by atoms with E-state index in [2.05, 4.69) is 15.4 Å². The summed E-state index contributed by atoms with van der Waals surface area (Å²) in [6, 6.07) is 20.7. The lowest BCUT2D eigenvalue weighted by Crippen LogP contribution is -2.23. The molecule has 0 spiro atoms. The number of halogens is 1. The van der Waals surface area contributed by atoms with Gasteiger partial charge in [-0.15, -0.1) is 0 Å². The van der Waals surface area contributed by atoms with Crippen molar-refractivity contribution in [2.75, 3.05) is 0 Å². The number of carbonyl (C=O) groups is 1. The first-order chi connectivity index (χ1) is 13.7. The second kappa shape index (κ2) is 8.06. The van der Waals surface area contributed by atoms with Crippen molar-refractivity contribution in [1.82, 2.24) is 20.1 Å². The highest BCUT2D eigenvalue weighted by molar-refractivity contribution is 6.30. The number of benzene rings is 2. The third-order valence-corrected chi connectivity index (χ3v) is 4.53. The van der Waals surface area contributed by atoms with E-state index in [4.69, 9.17) is 11.6 Å². The molecule has 0 saturated heterocycles. The number of para-hydroxylation sites is 1. The SMILES string of the molecule is O=C(NCc1cccnc1)c1cn(-c2ccccc2)nc1-c1ccc(Cl)cc1. The fourth-order valence-corrected chi connectivity index (χ4v) is 2.98. The van der Waals surface area contributed by atoms with Crippen molar-refractivity contribution in [3.05, 3.63) is 101 Å². The fraction of sp³-hybridized carbons (Fsp3) is 0.0455. The van der Waals surface area contributed by atoms with Crippen molar-refractivity contribution in [1.29, 1.82) is 0 Å². The van der Waals surface area contributed by atoms with Crippen LogP contribution in [0, 0.1) is 0 Å². The maximum atomic E-state index is 12.9. The molecular weight excluding hydrogens is 372 g/mol. The second-order valence-corrected chi connectivity index (χ2v) is 6.66. The average Bonchev–Trinajstić information content (AvgIpc) is 3.19. The predicted octanol–water partition coefficient (Wildman–Crippen LogP) is 4.52. The molecule has 2 heterocycles. The number of amides is 1. The molecular formula is C22H17ClN4O. The van der Waals surface area contributed by atoms with Gasteiger partial charge >= 0.3 is 0 Å². The Morgan fingerprint density at radius 2 is 1.79 bits per heavy atom. The molecule has 1 N–H and O–H groups in total. The van der Waals surface area contributed by atoms with E-state index in [1.165, 1.54) is 0 Å². The lowest BCUT2D eigenvalue weighted by atomic mass is 10.1. The third-order valence-electron chi connectivity index (χ3n) is 4.27. The minimum absolute atomic E-state index is 0.198. The third kappa shape index (κ3) is 3.94. The summed E-state index contributed by atoms with van der Waals surface area (Å²) in [7, 11) is 0. The van der Waals surface area contributed by atoms with E-state index in [1.807, 2.05) is 54.6 Å². The highest BCUT2D eigenvalue weighted by Gasteiger charge is 2.18. The van der Waals surface area contributed by atoms with Crippen LogP contribution in [0.3, 0.4) is 0 Å². The van der Waals surface area contributed by atoms with E-state index in [0.29, 0.717) is 22.8 Å². The normalized spacial score (nSPS) is 10.6. The van der Waals surface area contributed by atoms with E-state index in [-0.39, 0.29) is 5.91 Å². The molecule has 0 aliphatic carbocycles. The van der Waals surface area contributed by atoms with Gasteiger partial charge in [0.2, 0.25) is 0 Å². The molecule has 0 unspecified atom stereocenters. The molecule has 0 bridgehead atoms. The molecule has 4 aromatic rings. The summed E-state index contributed by atoms with van der Waals surface area (Å²) in [6.07, 6.45) is 5.18. The van der Waals surface area contributed by atoms with Crippen molar-refractivity contribution in [2.24, 2.45) is 0 Å². The quantitative estimate of drug-likeness (QED) is 0.547. The first-order valence-corrected chi connectivity index (χ1v) is 9.16. The van der Waals surface area contributed by atoms with Gasteiger partial charge in [-0.2, -0.15) is 5.10 Å². The Balaban J connectivity index is 1.68. The molecule has 2 aromatic heterocycles. The molecule has 4 rings (SSSR count). The monoisotopic (exact) mass is 388 g/mol. The zero-order chi connectivity index (χ0) is 19.3. The molecule has 0 aliphatic rings. The van der Waals surface area contributed by atoms with Crippen molar-refractivity contribution in [3.63, 3.8) is 0 Å². The first-order valence-electron chi connectivity index (χ1n) is 8.79. The van der Waals surface area contributed by atoms with E-state index < -0.39 is 0 Å². The second-order valence-electron chi connectivity index (χ2n) is 6.22. The number of hydrogen-bond donors (Lipinski definition) is 1. The summed E-state index contributed by atoms with van der Waals surface area (Å²) < 4.78 is 1.71. The van der Waals surface area contributed by atoms with E-state index >= 15 is 0 Å². The topological polar surface area (TPSA) is 59.8 Å². The minimum atomic E-state index is -0.198. The van der Waals surface area contributed by atoms with Gasteiger partial charge in [-0.1, -0.05) is 48.0 Å². The highest BCUT2D eigenvalue weighted by atomic mass is 35.5. The molecule has 0 radical (unpaired) electrons. The van der Waals surface area contributed by atoms with Crippen LogP contribution >= 0.6 is 11.6 Å². The molecule has 138 valence electrons. The van der Waals surface area contributed by atoms with Gasteiger partial charge in [0, 0.05) is 35.7 Å². The summed E-state index contributed by atoms with van der Waals surface area (Å²) in [5.74, 6) is -0.198. The molecule has 2 aromatic carbocycles. The number of nitrogens with one attached hydrogen (secondary N) is 1. The number of carbonyl (C=O) groups excluding carboxylic acids is 1. The Kier molecular flexibility index (Phi) is 5.17. The highest BCUT2D eigenvalue weighted by Crippen LogP contribution is 2.25. The summed E-state index contributed by atoms with van der Waals surface area (Å²) in [4.78, 5) is 17.0. The Bertz CT molecular complexity index is 1080. The van der Waals surface area contributed by atoms with Gasteiger partial charge in [-0.3, -0.25) is 9.78 Å². The summed E-state index contributed by atoms with van der Waals surface area (Å²) in [5.41, 5.74) is 3.73. The van der Waals surface area contributed by atoms with Crippen molar-refractivity contribution in [2.45, 2.75) is 6.54 Å². The number of pyridine rings is 1. The van der Waals surface area contributed by atoms with Crippen LogP contribution in [0.2, 0.25) is 5.02 Å². The van der Waals surface area contributed by atoms with Crippen LogP contribution in [0.25, 0.3) is 16.9 Å². The Labute approximate surface area is 167 Å². The van der Waals surface area contributed by atoms with Gasteiger partial charge in [0.15, 0.2) is 0 Å².